The molecule has 0 saturated heterocycles. The average Bonchev–Trinajstić information content (AvgIpc) is 2.55. The van der Waals surface area contributed by atoms with E-state index >= 15 is 0 Å². The van der Waals surface area contributed by atoms with Crippen molar-refractivity contribution < 1.29 is 23.2 Å². The Bertz CT molecular complexity index is 889. The second-order valence-corrected chi connectivity index (χ2v) is 7.84. The first-order valence-electron chi connectivity index (χ1n) is 8.06. The fourth-order valence-corrected chi connectivity index (χ4v) is 3.33. The quantitative estimate of drug-likeness (QED) is 0.523. The van der Waals surface area contributed by atoms with E-state index in [1.807, 2.05) is 31.2 Å². The highest BCUT2D eigenvalue weighted by Gasteiger charge is 2.27. The van der Waals surface area contributed by atoms with Crippen molar-refractivity contribution >= 4 is 15.7 Å². The zero-order chi connectivity index (χ0) is 19.3. The summed E-state index contributed by atoms with van der Waals surface area (Å²) in [4.78, 5) is -0.144. The number of benzene rings is 1. The highest BCUT2D eigenvalue weighted by atomic mass is 32.2. The van der Waals surface area contributed by atoms with Crippen LogP contribution in [0.1, 0.15) is 17.5 Å². The smallest absolute Gasteiger partial charge is 0.234 e. The lowest BCUT2D eigenvalue weighted by atomic mass is 10.0. The Morgan fingerprint density at radius 2 is 2.19 bits per heavy atom. The van der Waals surface area contributed by atoms with Gasteiger partial charge >= 0.3 is 0 Å². The van der Waals surface area contributed by atoms with Crippen molar-refractivity contribution in [3.05, 3.63) is 69.9 Å². The van der Waals surface area contributed by atoms with Crippen molar-refractivity contribution in [1.29, 1.82) is 5.41 Å². The number of halogens is 1. The summed E-state index contributed by atoms with van der Waals surface area (Å²) < 4.78 is 37.1. The van der Waals surface area contributed by atoms with Crippen LogP contribution in [0.3, 0.4) is 0 Å². The topological polar surface area (TPSA) is 121 Å². The normalized spacial score (nSPS) is 18.3. The Balaban J connectivity index is 2.27. The molecule has 6 nitrogen and oxygen atoms in total. The summed E-state index contributed by atoms with van der Waals surface area (Å²) in [5.41, 5.74) is 3.04. The van der Waals surface area contributed by atoms with Crippen LogP contribution in [0, 0.1) is 12.3 Å². The van der Waals surface area contributed by atoms with E-state index in [0.717, 1.165) is 11.1 Å². The molecule has 8 heteroatoms. The van der Waals surface area contributed by atoms with Gasteiger partial charge in [-0.15, -0.1) is 0 Å². The number of aliphatic hydroxyl groups excluding tert-OH is 1. The van der Waals surface area contributed by atoms with Gasteiger partial charge in [-0.3, -0.25) is 5.32 Å². The summed E-state index contributed by atoms with van der Waals surface area (Å²) in [5.74, 6) is 0. The van der Waals surface area contributed by atoms with Gasteiger partial charge in [-0.2, -0.15) is 0 Å². The van der Waals surface area contributed by atoms with E-state index in [0.29, 0.717) is 17.8 Å². The van der Waals surface area contributed by atoms with Crippen LogP contribution >= 0.6 is 0 Å². The van der Waals surface area contributed by atoms with E-state index in [4.69, 9.17) is 15.7 Å². The lowest BCUT2D eigenvalue weighted by Crippen LogP contribution is -2.82. The molecule has 0 bridgehead atoms. The molecule has 0 amide bonds. The summed E-state index contributed by atoms with van der Waals surface area (Å²) in [6.07, 6.45) is 2.84. The second kappa shape index (κ2) is 8.50. The van der Waals surface area contributed by atoms with Crippen molar-refractivity contribution in [3.63, 3.8) is 0 Å². The minimum Gasteiger partial charge on any atom is -0.390 e. The number of rotatable bonds is 7. The fourth-order valence-electron chi connectivity index (χ4n) is 2.69. The first-order valence-corrected chi connectivity index (χ1v) is 9.60. The van der Waals surface area contributed by atoms with E-state index in [9.17, 15) is 12.8 Å². The van der Waals surface area contributed by atoms with Crippen molar-refractivity contribution in [3.8, 4) is 0 Å². The number of hydrogen-bond donors (Lipinski definition) is 4. The summed E-state index contributed by atoms with van der Waals surface area (Å²) in [7, 11) is -3.91. The number of primary sulfonamides is 1. The molecular formula is C18H23FN3O3S+. The summed E-state index contributed by atoms with van der Waals surface area (Å²) in [5, 5.41) is 23.4. The molecule has 1 aliphatic rings. The zero-order valence-corrected chi connectivity index (χ0v) is 15.3. The highest BCUT2D eigenvalue weighted by Crippen LogP contribution is 2.21. The number of allylic oxidation sites excluding steroid dienone is 5. The minimum absolute atomic E-state index is 0.0106. The third-order valence-electron chi connectivity index (χ3n) is 3.94. The maximum Gasteiger partial charge on any atom is 0.234 e. The second-order valence-electron chi connectivity index (χ2n) is 6.23. The van der Waals surface area contributed by atoms with Gasteiger partial charge in [-0.1, -0.05) is 29.8 Å². The maximum atomic E-state index is 14.4. The van der Waals surface area contributed by atoms with Crippen LogP contribution in [-0.4, -0.2) is 32.0 Å². The van der Waals surface area contributed by atoms with Crippen molar-refractivity contribution in [2.24, 2.45) is 5.14 Å². The minimum atomic E-state index is -3.91. The maximum absolute atomic E-state index is 14.4. The van der Waals surface area contributed by atoms with Gasteiger partial charge in [-0.25, -0.2) is 17.9 Å². The van der Waals surface area contributed by atoms with Crippen LogP contribution in [0.5, 0.6) is 0 Å². The molecule has 2 rings (SSSR count). The van der Waals surface area contributed by atoms with Crippen LogP contribution in [0.15, 0.2) is 58.8 Å². The fraction of sp³-hybridized carbons (Fsp3) is 0.278. The van der Waals surface area contributed by atoms with E-state index in [1.165, 1.54) is 18.2 Å². The van der Waals surface area contributed by atoms with Gasteiger partial charge in [0.1, 0.15) is 11.4 Å². The Labute approximate surface area is 152 Å². The zero-order valence-electron chi connectivity index (χ0n) is 14.4. The number of nitrogens with two attached hydrogens (primary N) is 2. The molecule has 1 atom stereocenters. The van der Waals surface area contributed by atoms with Gasteiger partial charge in [0.05, 0.1) is 17.2 Å². The van der Waals surface area contributed by atoms with Gasteiger partial charge in [0, 0.05) is 18.9 Å². The Kier molecular flexibility index (Phi) is 6.60. The van der Waals surface area contributed by atoms with E-state index in [-0.39, 0.29) is 17.0 Å². The molecule has 26 heavy (non-hydrogen) atoms. The van der Waals surface area contributed by atoms with E-state index in [2.05, 4.69) is 0 Å². The first kappa shape index (κ1) is 20.2. The van der Waals surface area contributed by atoms with Crippen molar-refractivity contribution in [1.82, 2.24) is 0 Å². The van der Waals surface area contributed by atoms with Crippen molar-refractivity contribution in [2.45, 2.75) is 25.9 Å². The predicted octanol–water partition coefficient (Wildman–Crippen LogP) is 0.795. The molecular weight excluding hydrogens is 357 g/mol. The molecule has 6 N–H and O–H groups in total. The van der Waals surface area contributed by atoms with Gasteiger partial charge in [0.2, 0.25) is 10.0 Å². The monoisotopic (exact) mass is 380 g/mol. The molecule has 1 unspecified atom stereocenters. The third-order valence-corrected chi connectivity index (χ3v) is 4.98. The standard InChI is InChI=1S/C18H22FN3O3S/c1-12-3-2-4-13(7-12)8-15(9-14(20)11-23)22-18-6-5-16(10-17(18)19)26(21,24)25/h2-7,9,17,20,22-23H,8,10-11H2,1H3,(H2,21,24,25)/p+1/b15-9-,20-14?. The molecule has 140 valence electrons. The molecule has 1 aromatic rings. The largest absolute Gasteiger partial charge is 0.390 e. The number of nitrogens with one attached hydrogen (secondary N) is 1. The van der Waals surface area contributed by atoms with Gasteiger partial charge in [0.15, 0.2) is 6.17 Å². The molecule has 0 aliphatic heterocycles. The lowest BCUT2D eigenvalue weighted by Gasteiger charge is -2.17. The Morgan fingerprint density at radius 3 is 2.77 bits per heavy atom. The number of alkyl halides is 1. The molecule has 0 fully saturated rings. The van der Waals surface area contributed by atoms with Crippen molar-refractivity contribution in [2.75, 3.05) is 6.61 Å². The molecule has 1 aromatic carbocycles. The van der Waals surface area contributed by atoms with E-state index in [1.54, 1.807) is 5.32 Å². The third kappa shape index (κ3) is 5.70. The highest BCUT2D eigenvalue weighted by molar-refractivity contribution is 7.93. The van der Waals surface area contributed by atoms with Gasteiger partial charge in [0.25, 0.3) is 0 Å². The van der Waals surface area contributed by atoms with E-state index < -0.39 is 22.8 Å². The summed E-state index contributed by atoms with van der Waals surface area (Å²) in [6.45, 7) is 1.55. The lowest BCUT2D eigenvalue weighted by molar-refractivity contribution is -0.563. The number of aryl methyl sites for hydroxylation is 1. The molecule has 1 aliphatic carbocycles. The Hall–Kier alpha value is -2.13. The Morgan fingerprint density at radius 1 is 1.46 bits per heavy atom. The number of aliphatic hydroxyl groups is 1. The van der Waals surface area contributed by atoms with Crippen LogP contribution in [0.4, 0.5) is 4.39 Å². The molecule has 0 aromatic heterocycles. The van der Waals surface area contributed by atoms with Crippen LogP contribution in [-0.2, 0) is 16.4 Å². The number of hydrogen-bond acceptors (Lipinski definition) is 4. The summed E-state index contributed by atoms with van der Waals surface area (Å²) >= 11 is 0. The van der Waals surface area contributed by atoms with Crippen LogP contribution < -0.4 is 10.5 Å². The average molecular weight is 380 g/mol. The number of quaternary nitrogens is 1. The van der Waals surface area contributed by atoms with Gasteiger partial charge in [-0.05, 0) is 24.6 Å². The predicted molar refractivity (Wildman–Crippen MR) is 98.5 cm³/mol. The number of sulfonamides is 1. The molecule has 0 spiro atoms. The first-order chi connectivity index (χ1) is 12.2. The van der Waals surface area contributed by atoms with Crippen LogP contribution in [0.25, 0.3) is 0 Å². The molecule has 0 radical (unpaired) electrons. The molecule has 0 heterocycles. The van der Waals surface area contributed by atoms with Gasteiger partial charge < -0.3 is 10.5 Å². The SMILES string of the molecule is Cc1cccc(C/C(=C/C(=N)CO)[NH2+]C2=CC=C(S(N)(=O)=O)CC2F)c1. The summed E-state index contributed by atoms with van der Waals surface area (Å²) in [6, 6.07) is 7.80. The molecule has 0 saturated carbocycles. The van der Waals surface area contributed by atoms with Crippen LogP contribution in [0.2, 0.25) is 0 Å².